The zero-order valence-corrected chi connectivity index (χ0v) is 9.46. The Morgan fingerprint density at radius 3 is 2.53 bits per heavy atom. The van der Waals surface area contributed by atoms with Crippen LogP contribution in [0, 0.1) is 10.1 Å². The van der Waals surface area contributed by atoms with Gasteiger partial charge in [-0.15, -0.1) is 0 Å². The zero-order valence-electron chi connectivity index (χ0n) is 9.46. The number of aldehydes is 1. The molecule has 0 radical (unpaired) electrons. The third-order valence-corrected chi connectivity index (χ3v) is 3.06. The van der Waals surface area contributed by atoms with Gasteiger partial charge in [-0.3, -0.25) is 14.9 Å². The van der Waals surface area contributed by atoms with Crippen molar-refractivity contribution in [3.05, 3.63) is 33.9 Å². The molecule has 1 aromatic rings. The first-order chi connectivity index (χ1) is 8.22. The smallest absolute Gasteiger partial charge is 0.280 e. The van der Waals surface area contributed by atoms with E-state index in [0.29, 0.717) is 6.29 Å². The molecule has 1 saturated heterocycles. The molecular weight excluding hydrogens is 220 g/mol. The largest absolute Gasteiger partial charge is 0.372 e. The minimum Gasteiger partial charge on any atom is -0.372 e. The van der Waals surface area contributed by atoms with Gasteiger partial charge < -0.3 is 4.90 Å². The molecule has 0 bridgehead atoms. The van der Waals surface area contributed by atoms with Crippen molar-refractivity contribution in [2.75, 3.05) is 18.0 Å². The van der Waals surface area contributed by atoms with Crippen LogP contribution in [0.15, 0.2) is 18.2 Å². The second kappa shape index (κ2) is 4.95. The molecule has 0 aliphatic carbocycles. The van der Waals surface area contributed by atoms with Crippen LogP contribution in [0.2, 0.25) is 0 Å². The summed E-state index contributed by atoms with van der Waals surface area (Å²) in [4.78, 5) is 23.2. The van der Waals surface area contributed by atoms with Crippen LogP contribution in [0.4, 0.5) is 11.4 Å². The van der Waals surface area contributed by atoms with E-state index < -0.39 is 4.92 Å². The predicted octanol–water partition coefficient (Wildman–Crippen LogP) is 2.40. The average Bonchev–Trinajstić information content (AvgIpc) is 2.39. The quantitative estimate of drug-likeness (QED) is 0.457. The Bertz CT molecular complexity index is 439. The normalized spacial score (nSPS) is 15.6. The van der Waals surface area contributed by atoms with Crippen molar-refractivity contribution in [3.8, 4) is 0 Å². The molecule has 1 aliphatic rings. The first-order valence-corrected chi connectivity index (χ1v) is 5.71. The summed E-state index contributed by atoms with van der Waals surface area (Å²) in [6, 6.07) is 4.74. The van der Waals surface area contributed by atoms with Crippen LogP contribution in [-0.4, -0.2) is 24.3 Å². The van der Waals surface area contributed by atoms with E-state index in [1.807, 2.05) is 0 Å². The van der Waals surface area contributed by atoms with Gasteiger partial charge in [0.1, 0.15) is 0 Å². The lowest BCUT2D eigenvalue weighted by Crippen LogP contribution is -2.29. The van der Waals surface area contributed by atoms with Gasteiger partial charge in [-0.1, -0.05) is 0 Å². The Morgan fingerprint density at radius 2 is 1.94 bits per heavy atom. The van der Waals surface area contributed by atoms with E-state index in [1.54, 1.807) is 12.1 Å². The Labute approximate surface area is 99.2 Å². The highest BCUT2D eigenvalue weighted by atomic mass is 16.6. The lowest BCUT2D eigenvalue weighted by molar-refractivity contribution is -0.385. The van der Waals surface area contributed by atoms with Gasteiger partial charge in [-0.25, -0.2) is 0 Å². The lowest BCUT2D eigenvalue weighted by atomic mass is 10.1. The molecule has 17 heavy (non-hydrogen) atoms. The van der Waals surface area contributed by atoms with Crippen molar-refractivity contribution in [3.63, 3.8) is 0 Å². The van der Waals surface area contributed by atoms with Gasteiger partial charge in [-0.05, 0) is 31.4 Å². The molecule has 0 amide bonds. The first kappa shape index (κ1) is 11.6. The first-order valence-electron chi connectivity index (χ1n) is 5.71. The van der Waals surface area contributed by atoms with Crippen LogP contribution in [0.25, 0.3) is 0 Å². The number of carbonyl (C=O) groups excluding carboxylic acids is 1. The number of nitrogens with zero attached hydrogens (tertiary/aromatic N) is 2. The summed E-state index contributed by atoms with van der Waals surface area (Å²) in [6.07, 6.45) is 4.04. The van der Waals surface area contributed by atoms with E-state index in [-0.39, 0.29) is 11.3 Å². The third-order valence-electron chi connectivity index (χ3n) is 3.06. The average molecular weight is 234 g/mol. The van der Waals surface area contributed by atoms with Crippen molar-refractivity contribution in [2.24, 2.45) is 0 Å². The molecule has 2 rings (SSSR count). The van der Waals surface area contributed by atoms with E-state index in [2.05, 4.69) is 4.90 Å². The number of hydrogen-bond donors (Lipinski definition) is 0. The van der Waals surface area contributed by atoms with Crippen LogP contribution in [0.3, 0.4) is 0 Å². The van der Waals surface area contributed by atoms with Gasteiger partial charge in [0.15, 0.2) is 6.29 Å². The monoisotopic (exact) mass is 234 g/mol. The number of hydrogen-bond acceptors (Lipinski definition) is 4. The molecule has 5 nitrogen and oxygen atoms in total. The van der Waals surface area contributed by atoms with E-state index >= 15 is 0 Å². The summed E-state index contributed by atoms with van der Waals surface area (Å²) < 4.78 is 0. The van der Waals surface area contributed by atoms with Gasteiger partial charge in [0.25, 0.3) is 5.69 Å². The predicted molar refractivity (Wildman–Crippen MR) is 64.5 cm³/mol. The Kier molecular flexibility index (Phi) is 3.37. The minimum atomic E-state index is -0.524. The molecular formula is C12H14N2O3. The molecule has 1 aliphatic heterocycles. The van der Waals surface area contributed by atoms with Crippen LogP contribution in [-0.2, 0) is 0 Å². The van der Waals surface area contributed by atoms with Gasteiger partial charge in [0, 0.05) is 24.8 Å². The molecule has 1 fully saturated rings. The van der Waals surface area contributed by atoms with Gasteiger partial charge >= 0.3 is 0 Å². The highest BCUT2D eigenvalue weighted by Gasteiger charge is 2.17. The Balaban J connectivity index is 2.30. The topological polar surface area (TPSA) is 63.5 Å². The number of carbonyl (C=O) groups is 1. The Morgan fingerprint density at radius 1 is 1.24 bits per heavy atom. The van der Waals surface area contributed by atoms with Gasteiger partial charge in [0.2, 0.25) is 0 Å². The second-order valence-electron chi connectivity index (χ2n) is 4.17. The molecule has 1 aromatic carbocycles. The summed E-state index contributed by atoms with van der Waals surface area (Å²) in [7, 11) is 0. The minimum absolute atomic E-state index is 0.124. The van der Waals surface area contributed by atoms with Crippen molar-refractivity contribution in [2.45, 2.75) is 19.3 Å². The second-order valence-corrected chi connectivity index (χ2v) is 4.17. The SMILES string of the molecule is O=Cc1cc(N2CCCCC2)ccc1[N+](=O)[O-]. The maximum absolute atomic E-state index is 10.8. The molecule has 90 valence electrons. The fraction of sp³-hybridized carbons (Fsp3) is 0.417. The van der Waals surface area contributed by atoms with E-state index in [1.165, 1.54) is 12.5 Å². The molecule has 0 saturated carbocycles. The molecule has 5 heteroatoms. The number of nitro groups is 1. The van der Waals surface area contributed by atoms with Gasteiger partial charge in [0.05, 0.1) is 10.5 Å². The molecule has 1 heterocycles. The highest BCUT2D eigenvalue weighted by Crippen LogP contribution is 2.25. The maximum atomic E-state index is 10.8. The summed E-state index contributed by atoms with van der Waals surface area (Å²) in [5.74, 6) is 0. The summed E-state index contributed by atoms with van der Waals surface area (Å²) >= 11 is 0. The summed E-state index contributed by atoms with van der Waals surface area (Å²) in [5.41, 5.74) is 0.927. The van der Waals surface area contributed by atoms with E-state index in [4.69, 9.17) is 0 Å². The summed E-state index contributed by atoms with van der Waals surface area (Å²) in [5, 5.41) is 10.7. The molecule has 0 aromatic heterocycles. The van der Waals surface area contributed by atoms with Crippen LogP contribution < -0.4 is 4.90 Å². The van der Waals surface area contributed by atoms with Crippen LogP contribution in [0.5, 0.6) is 0 Å². The van der Waals surface area contributed by atoms with Crippen LogP contribution in [0.1, 0.15) is 29.6 Å². The van der Waals surface area contributed by atoms with Crippen LogP contribution >= 0.6 is 0 Å². The fourth-order valence-electron chi connectivity index (χ4n) is 2.15. The van der Waals surface area contributed by atoms with Crippen molar-refractivity contribution in [1.29, 1.82) is 0 Å². The number of piperidine rings is 1. The van der Waals surface area contributed by atoms with Crippen molar-refractivity contribution >= 4 is 17.7 Å². The van der Waals surface area contributed by atoms with E-state index in [0.717, 1.165) is 31.6 Å². The third kappa shape index (κ3) is 2.43. The number of nitro benzene ring substituents is 1. The van der Waals surface area contributed by atoms with Crippen molar-refractivity contribution in [1.82, 2.24) is 0 Å². The van der Waals surface area contributed by atoms with Crippen molar-refractivity contribution < 1.29 is 9.72 Å². The molecule has 0 N–H and O–H groups in total. The van der Waals surface area contributed by atoms with E-state index in [9.17, 15) is 14.9 Å². The Hall–Kier alpha value is -1.91. The standard InChI is InChI=1S/C12H14N2O3/c15-9-10-8-11(4-5-12(10)14(16)17)13-6-2-1-3-7-13/h4-5,8-9H,1-3,6-7H2. The zero-order chi connectivity index (χ0) is 12.3. The molecule has 0 spiro atoms. The number of benzene rings is 1. The molecule has 0 atom stereocenters. The summed E-state index contributed by atoms with van der Waals surface area (Å²) in [6.45, 7) is 1.91. The maximum Gasteiger partial charge on any atom is 0.280 e. The number of rotatable bonds is 3. The lowest BCUT2D eigenvalue weighted by Gasteiger charge is -2.28. The highest BCUT2D eigenvalue weighted by molar-refractivity contribution is 5.83. The molecule has 0 unspecified atom stereocenters. The fourth-order valence-corrected chi connectivity index (χ4v) is 2.15. The number of anilines is 1. The van der Waals surface area contributed by atoms with Gasteiger partial charge in [-0.2, -0.15) is 0 Å².